The zero-order chi connectivity index (χ0) is 30.9. The summed E-state index contributed by atoms with van der Waals surface area (Å²) in [5.74, 6) is 0.776. The third-order valence-corrected chi connectivity index (χ3v) is 7.41. The molecule has 0 spiro atoms. The number of nitrogens with one attached hydrogen (secondary N) is 2. The van der Waals surface area contributed by atoms with Gasteiger partial charge in [0, 0.05) is 21.1 Å². The lowest BCUT2D eigenvalue weighted by Gasteiger charge is -2.33. The number of aromatic hydroxyl groups is 1. The number of para-hydroxylation sites is 1. The number of fused-ring (bicyclic) bond motifs is 1. The number of amidine groups is 1. The van der Waals surface area contributed by atoms with E-state index in [-0.39, 0.29) is 41.6 Å². The summed E-state index contributed by atoms with van der Waals surface area (Å²) in [7, 11) is 5.30. The Morgan fingerprint density at radius 1 is 0.977 bits per heavy atom. The van der Waals surface area contributed by atoms with Crippen molar-refractivity contribution in [2.45, 2.75) is 33.4 Å². The van der Waals surface area contributed by atoms with Crippen LogP contribution in [0.5, 0.6) is 17.2 Å². The summed E-state index contributed by atoms with van der Waals surface area (Å²) in [6, 6.07) is 19.8. The first kappa shape index (κ1) is 29.5. The fraction of sp³-hybridized carbons (Fsp3) is 0.303. The second-order valence-corrected chi connectivity index (χ2v) is 11.8. The fourth-order valence-corrected chi connectivity index (χ4v) is 5.29. The highest BCUT2D eigenvalue weighted by molar-refractivity contribution is 6.20. The molecule has 3 aromatic rings. The smallest absolute Gasteiger partial charge is 0.279 e. The van der Waals surface area contributed by atoms with Gasteiger partial charge >= 0.3 is 0 Å². The number of hydrogen-bond donors (Lipinski definition) is 3. The monoisotopic (exact) mass is 583 g/mol. The third-order valence-electron chi connectivity index (χ3n) is 7.41. The Bertz CT molecular complexity index is 1610. The molecule has 10 nitrogen and oxygen atoms in total. The second kappa shape index (κ2) is 11.7. The normalized spacial score (nSPS) is 15.7. The van der Waals surface area contributed by atoms with Crippen LogP contribution in [0.25, 0.3) is 0 Å². The molecule has 0 radical (unpaired) electrons. The lowest BCUT2D eigenvalue weighted by Crippen LogP contribution is -2.37. The van der Waals surface area contributed by atoms with Gasteiger partial charge in [0.15, 0.2) is 11.5 Å². The van der Waals surface area contributed by atoms with Crippen LogP contribution in [0.4, 0.5) is 5.69 Å². The highest BCUT2D eigenvalue weighted by atomic mass is 16.7. The molecule has 2 amide bonds. The molecule has 3 N–H and O–H groups in total. The number of amides is 2. The van der Waals surface area contributed by atoms with E-state index in [0.29, 0.717) is 22.9 Å². The summed E-state index contributed by atoms with van der Waals surface area (Å²) in [5.41, 5.74) is 2.20. The molecule has 5 rings (SSSR count). The highest BCUT2D eigenvalue weighted by Crippen LogP contribution is 2.41. The molecule has 2 aliphatic rings. The van der Waals surface area contributed by atoms with Crippen molar-refractivity contribution in [1.82, 2.24) is 15.1 Å². The molecule has 0 fully saturated rings. The number of carbonyl (C=O) groups is 2. The molecule has 224 valence electrons. The largest absolute Gasteiger partial charge is 0.505 e. The Morgan fingerprint density at radius 2 is 1.67 bits per heavy atom. The van der Waals surface area contributed by atoms with Gasteiger partial charge in [0.2, 0.25) is 6.79 Å². The predicted molar refractivity (Wildman–Crippen MR) is 165 cm³/mol. The van der Waals surface area contributed by atoms with E-state index < -0.39 is 17.9 Å². The molecule has 1 atom stereocenters. The van der Waals surface area contributed by atoms with Crippen LogP contribution < -0.4 is 20.1 Å². The van der Waals surface area contributed by atoms with E-state index in [1.165, 1.54) is 4.90 Å². The molecule has 0 saturated heterocycles. The molecule has 1 unspecified atom stereocenters. The highest BCUT2D eigenvalue weighted by Gasteiger charge is 2.42. The van der Waals surface area contributed by atoms with E-state index in [1.54, 1.807) is 30.1 Å². The van der Waals surface area contributed by atoms with Crippen molar-refractivity contribution in [3.63, 3.8) is 0 Å². The molecular weight excluding hydrogens is 546 g/mol. The van der Waals surface area contributed by atoms with E-state index >= 15 is 0 Å². The predicted octanol–water partition coefficient (Wildman–Crippen LogP) is 4.63. The van der Waals surface area contributed by atoms with Gasteiger partial charge in [-0.3, -0.25) is 19.5 Å². The molecule has 3 aromatic carbocycles. The quantitative estimate of drug-likeness (QED) is 0.152. The first-order valence-electron chi connectivity index (χ1n) is 14.0. The van der Waals surface area contributed by atoms with Crippen LogP contribution in [-0.4, -0.2) is 60.5 Å². The van der Waals surface area contributed by atoms with Crippen molar-refractivity contribution in [2.24, 2.45) is 10.4 Å². The maximum Gasteiger partial charge on any atom is 0.279 e. The lowest BCUT2D eigenvalue weighted by atomic mass is 9.82. The molecule has 10 heteroatoms. The zero-order valence-electron chi connectivity index (χ0n) is 25.3. The van der Waals surface area contributed by atoms with Crippen LogP contribution in [0.1, 0.15) is 43.5 Å². The number of ether oxygens (including phenoxy) is 2. The van der Waals surface area contributed by atoms with Gasteiger partial charge in [-0.2, -0.15) is 0 Å². The van der Waals surface area contributed by atoms with Crippen molar-refractivity contribution in [2.75, 3.05) is 33.3 Å². The third kappa shape index (κ3) is 5.86. The van der Waals surface area contributed by atoms with Gasteiger partial charge in [-0.25, -0.2) is 0 Å². The number of aliphatic imine (C=N–C) groups is 1. The van der Waals surface area contributed by atoms with Gasteiger partial charge in [0.1, 0.15) is 23.0 Å². The standard InChI is InChI=1S/C33H37N5O5/c1-33(2,3)29(21-15-16-24-25(17-21)43-19-42-24)36-27-26(31(40)38(32(27)41)18-20-11-8-7-9-12-20)35-23-14-10-13-22(28(23)39)30(34-4)37(5)6/h7-17,29,35-36,39H,18-19H2,1-6H3. The van der Waals surface area contributed by atoms with Gasteiger partial charge in [0.05, 0.1) is 23.8 Å². The molecule has 0 bridgehead atoms. The van der Waals surface area contributed by atoms with Gasteiger partial charge in [-0.15, -0.1) is 0 Å². The summed E-state index contributed by atoms with van der Waals surface area (Å²) in [6.45, 7) is 6.39. The van der Waals surface area contributed by atoms with Gasteiger partial charge in [-0.05, 0) is 40.8 Å². The van der Waals surface area contributed by atoms with E-state index in [2.05, 4.69) is 15.6 Å². The van der Waals surface area contributed by atoms with Crippen LogP contribution in [0, 0.1) is 5.41 Å². The average molecular weight is 584 g/mol. The van der Waals surface area contributed by atoms with Crippen molar-refractivity contribution in [3.05, 3.63) is 94.8 Å². The summed E-state index contributed by atoms with van der Waals surface area (Å²) >= 11 is 0. The van der Waals surface area contributed by atoms with Crippen molar-refractivity contribution < 1.29 is 24.2 Å². The van der Waals surface area contributed by atoms with Crippen LogP contribution >= 0.6 is 0 Å². The zero-order valence-corrected chi connectivity index (χ0v) is 25.3. The van der Waals surface area contributed by atoms with Crippen LogP contribution in [0.3, 0.4) is 0 Å². The Morgan fingerprint density at radius 3 is 2.35 bits per heavy atom. The topological polar surface area (TPSA) is 116 Å². The summed E-state index contributed by atoms with van der Waals surface area (Å²) in [4.78, 5) is 35.2. The number of rotatable bonds is 8. The van der Waals surface area contributed by atoms with Crippen molar-refractivity contribution in [1.29, 1.82) is 0 Å². The number of imide groups is 1. The molecule has 2 aliphatic heterocycles. The number of anilines is 1. The summed E-state index contributed by atoms with van der Waals surface area (Å²) in [5, 5.41) is 17.8. The average Bonchev–Trinajstić information content (AvgIpc) is 3.52. The molecular formula is C33H37N5O5. The first-order chi connectivity index (χ1) is 20.5. The maximum atomic E-state index is 14.0. The first-order valence-corrected chi connectivity index (χ1v) is 14.0. The van der Waals surface area contributed by atoms with Crippen molar-refractivity contribution in [3.8, 4) is 17.2 Å². The van der Waals surface area contributed by atoms with E-state index in [9.17, 15) is 14.7 Å². The number of hydrogen-bond acceptors (Lipinski definition) is 8. The minimum absolute atomic E-state index is 0.0446. The molecule has 0 aromatic heterocycles. The Balaban J connectivity index is 1.58. The van der Waals surface area contributed by atoms with E-state index in [4.69, 9.17) is 9.47 Å². The Labute approximate surface area is 251 Å². The summed E-state index contributed by atoms with van der Waals surface area (Å²) < 4.78 is 11.1. The fourth-order valence-electron chi connectivity index (χ4n) is 5.29. The van der Waals surface area contributed by atoms with Crippen LogP contribution in [0.2, 0.25) is 0 Å². The number of phenols is 1. The van der Waals surface area contributed by atoms with E-state index in [0.717, 1.165) is 11.1 Å². The summed E-state index contributed by atoms with van der Waals surface area (Å²) in [6.07, 6.45) is 0. The maximum absolute atomic E-state index is 14.0. The number of phenolic OH excluding ortho intramolecular Hbond substituents is 1. The molecule has 0 saturated carbocycles. The number of carbonyl (C=O) groups excluding carboxylic acids is 2. The minimum Gasteiger partial charge on any atom is -0.505 e. The lowest BCUT2D eigenvalue weighted by molar-refractivity contribution is -0.138. The van der Waals surface area contributed by atoms with E-state index in [1.807, 2.05) is 83.4 Å². The SMILES string of the molecule is CN=C(c1cccc(NC2=C(NC(c3ccc4c(c3)OCO4)C(C)(C)C)C(=O)N(Cc3ccccc3)C2=O)c1O)N(C)C. The number of benzene rings is 3. The molecule has 0 aliphatic carbocycles. The van der Waals surface area contributed by atoms with Crippen LogP contribution in [0.15, 0.2) is 83.1 Å². The van der Waals surface area contributed by atoms with Gasteiger partial charge in [-0.1, -0.05) is 63.2 Å². The Kier molecular flexibility index (Phi) is 8.04. The second-order valence-electron chi connectivity index (χ2n) is 11.8. The van der Waals surface area contributed by atoms with Crippen molar-refractivity contribution >= 4 is 23.3 Å². The molecule has 2 heterocycles. The minimum atomic E-state index is -0.503. The Hall–Kier alpha value is -4.99. The van der Waals surface area contributed by atoms with Crippen LogP contribution in [-0.2, 0) is 16.1 Å². The van der Waals surface area contributed by atoms with Gasteiger partial charge in [0.25, 0.3) is 11.8 Å². The van der Waals surface area contributed by atoms with Gasteiger partial charge < -0.3 is 30.1 Å². The molecule has 43 heavy (non-hydrogen) atoms. The number of nitrogens with zero attached hydrogens (tertiary/aromatic N) is 3.